The third kappa shape index (κ3) is 5.23. The molecule has 0 spiro atoms. The van der Waals surface area contributed by atoms with Crippen LogP contribution in [0.25, 0.3) is 120 Å². The fourth-order valence-electron chi connectivity index (χ4n) is 9.52. The van der Waals surface area contributed by atoms with Crippen molar-refractivity contribution in [3.63, 3.8) is 0 Å². The lowest BCUT2D eigenvalue weighted by Gasteiger charge is -2.18. The van der Waals surface area contributed by atoms with Gasteiger partial charge in [-0.25, -0.2) is 0 Å². The molecule has 0 heteroatoms. The van der Waals surface area contributed by atoms with Gasteiger partial charge in [0.05, 0.1) is 0 Å². The van der Waals surface area contributed by atoms with Crippen LogP contribution in [-0.2, 0) is 0 Å². The summed E-state index contributed by atoms with van der Waals surface area (Å²) in [5.74, 6) is 0. The highest BCUT2D eigenvalue weighted by Crippen LogP contribution is 2.46. The van der Waals surface area contributed by atoms with Gasteiger partial charge in [0.1, 0.15) is 0 Å². The topological polar surface area (TPSA) is 0 Å². The molecular formula is C58H36. The van der Waals surface area contributed by atoms with Crippen molar-refractivity contribution < 1.29 is 0 Å². The Balaban J connectivity index is 1.03. The summed E-state index contributed by atoms with van der Waals surface area (Å²) in [6.45, 7) is 0. The van der Waals surface area contributed by atoms with Gasteiger partial charge in [-0.2, -0.15) is 0 Å². The molecule has 12 aromatic rings. The van der Waals surface area contributed by atoms with Crippen LogP contribution in [0.1, 0.15) is 0 Å². The molecule has 0 aliphatic heterocycles. The van der Waals surface area contributed by atoms with Gasteiger partial charge in [0.15, 0.2) is 0 Å². The second kappa shape index (κ2) is 13.0. The Morgan fingerprint density at radius 1 is 0.155 bits per heavy atom. The van der Waals surface area contributed by atoms with Crippen molar-refractivity contribution in [2.45, 2.75) is 0 Å². The van der Waals surface area contributed by atoms with Crippen molar-refractivity contribution in [1.82, 2.24) is 0 Å². The van der Waals surface area contributed by atoms with E-state index in [-0.39, 0.29) is 0 Å². The van der Waals surface area contributed by atoms with Gasteiger partial charge in [0.25, 0.3) is 0 Å². The van der Waals surface area contributed by atoms with Gasteiger partial charge in [-0.05, 0) is 156 Å². The van der Waals surface area contributed by atoms with Crippen molar-refractivity contribution in [3.8, 4) is 44.5 Å². The normalized spacial score (nSPS) is 11.8. The fraction of sp³-hybridized carbons (Fsp3) is 0. The summed E-state index contributed by atoms with van der Waals surface area (Å²) >= 11 is 0. The Bertz CT molecular complexity index is 3380. The first-order chi connectivity index (χ1) is 28.7. The largest absolute Gasteiger partial charge is 0.0616 e. The highest BCUT2D eigenvalue weighted by atomic mass is 14.2. The monoisotopic (exact) mass is 732 g/mol. The molecule has 0 nitrogen and oxygen atoms in total. The standard InChI is InChI=1S/C58H36/c1-3-13-39-31-45(25-23-37(39)11-1)41-15-9-17-43(33-41)47-27-29-53-55(35-47)49-19-5-7-21-51(49)58-54-30-28-48(36-56(54)50-20-6-8-22-52(50)57(53)58)44-18-10-16-42(34-44)46-26-24-38-12-2-4-14-40(38)32-46/h1-36H. The molecule has 12 aromatic carbocycles. The SMILES string of the molecule is c1cc(-c2ccc3ccccc3c2)cc(-c2ccc3c(c2)c2ccccc2c2c4ccc(-c5cccc(-c6ccc7ccccc7c6)c5)cc4c4ccccc4c32)c1. The Kier molecular flexibility index (Phi) is 7.33. The van der Waals surface area contributed by atoms with Crippen LogP contribution in [0, 0.1) is 0 Å². The van der Waals surface area contributed by atoms with Crippen molar-refractivity contribution in [2.24, 2.45) is 0 Å². The maximum absolute atomic E-state index is 2.42. The average molecular weight is 733 g/mol. The molecule has 0 aromatic heterocycles. The summed E-state index contributed by atoms with van der Waals surface area (Å²) in [5.41, 5.74) is 9.80. The van der Waals surface area contributed by atoms with Crippen LogP contribution in [0.3, 0.4) is 0 Å². The predicted octanol–water partition coefficient (Wildman–Crippen LogP) is 16.4. The maximum Gasteiger partial charge on any atom is -0.00139 e. The molecule has 0 fully saturated rings. The van der Waals surface area contributed by atoms with E-state index in [0.717, 1.165) is 0 Å². The molecule has 58 heavy (non-hydrogen) atoms. The summed E-state index contributed by atoms with van der Waals surface area (Å²) < 4.78 is 0. The Morgan fingerprint density at radius 3 is 0.897 bits per heavy atom. The van der Waals surface area contributed by atoms with Gasteiger partial charge in [-0.15, -0.1) is 0 Å². The van der Waals surface area contributed by atoms with Crippen LogP contribution >= 0.6 is 0 Å². The van der Waals surface area contributed by atoms with Crippen LogP contribution < -0.4 is 0 Å². The van der Waals surface area contributed by atoms with Gasteiger partial charge >= 0.3 is 0 Å². The van der Waals surface area contributed by atoms with Crippen LogP contribution in [0.2, 0.25) is 0 Å². The maximum atomic E-state index is 2.42. The molecule has 0 radical (unpaired) electrons. The third-order valence-electron chi connectivity index (χ3n) is 12.4. The molecule has 0 atom stereocenters. The van der Waals surface area contributed by atoms with Crippen molar-refractivity contribution in [1.29, 1.82) is 0 Å². The lowest BCUT2D eigenvalue weighted by atomic mass is 9.85. The first-order valence-corrected chi connectivity index (χ1v) is 20.2. The Hall–Kier alpha value is -7.54. The molecule has 0 heterocycles. The second-order valence-corrected chi connectivity index (χ2v) is 15.6. The smallest absolute Gasteiger partial charge is 0.00139 e. The minimum Gasteiger partial charge on any atom is -0.0616 e. The second-order valence-electron chi connectivity index (χ2n) is 15.6. The van der Waals surface area contributed by atoms with Crippen LogP contribution in [0.5, 0.6) is 0 Å². The van der Waals surface area contributed by atoms with Crippen LogP contribution in [0.15, 0.2) is 218 Å². The summed E-state index contributed by atoms with van der Waals surface area (Å²) in [7, 11) is 0. The zero-order valence-corrected chi connectivity index (χ0v) is 31.8. The van der Waals surface area contributed by atoms with E-state index in [4.69, 9.17) is 0 Å². The Labute approximate surface area is 336 Å². The van der Waals surface area contributed by atoms with E-state index in [0.29, 0.717) is 0 Å². The van der Waals surface area contributed by atoms with Gasteiger partial charge in [-0.3, -0.25) is 0 Å². The minimum atomic E-state index is 1.22. The summed E-state index contributed by atoms with van der Waals surface area (Å²) in [6, 6.07) is 80.9. The highest BCUT2D eigenvalue weighted by molar-refractivity contribution is 6.39. The number of rotatable bonds is 4. The lowest BCUT2D eigenvalue weighted by Crippen LogP contribution is -1.90. The lowest BCUT2D eigenvalue weighted by molar-refractivity contribution is 1.61. The summed E-state index contributed by atoms with van der Waals surface area (Å²) in [6.07, 6.45) is 0. The minimum absolute atomic E-state index is 1.22. The van der Waals surface area contributed by atoms with Crippen molar-refractivity contribution >= 4 is 75.4 Å². The molecule has 0 saturated carbocycles. The number of hydrogen-bond acceptors (Lipinski definition) is 0. The molecule has 0 unspecified atom stereocenters. The molecule has 268 valence electrons. The van der Waals surface area contributed by atoms with Gasteiger partial charge in [0, 0.05) is 0 Å². The Morgan fingerprint density at radius 2 is 0.466 bits per heavy atom. The molecule has 0 aliphatic rings. The van der Waals surface area contributed by atoms with Crippen LogP contribution in [0.4, 0.5) is 0 Å². The fourth-order valence-corrected chi connectivity index (χ4v) is 9.52. The summed E-state index contributed by atoms with van der Waals surface area (Å²) in [4.78, 5) is 0. The number of benzene rings is 12. The number of fused-ring (bicyclic) bond motifs is 13. The molecule has 12 rings (SSSR count). The van der Waals surface area contributed by atoms with Gasteiger partial charge in [0.2, 0.25) is 0 Å². The quantitative estimate of drug-likeness (QED) is 0.158. The third-order valence-corrected chi connectivity index (χ3v) is 12.4. The molecule has 0 aliphatic carbocycles. The van der Waals surface area contributed by atoms with E-state index < -0.39 is 0 Å². The highest BCUT2D eigenvalue weighted by Gasteiger charge is 2.17. The van der Waals surface area contributed by atoms with E-state index in [9.17, 15) is 0 Å². The molecule has 0 amide bonds. The first kappa shape index (κ1) is 32.7. The molecular weight excluding hydrogens is 697 g/mol. The summed E-state index contributed by atoms with van der Waals surface area (Å²) in [5, 5.41) is 17.9. The van der Waals surface area contributed by atoms with Crippen LogP contribution in [-0.4, -0.2) is 0 Å². The first-order valence-electron chi connectivity index (χ1n) is 20.2. The average Bonchev–Trinajstić information content (AvgIpc) is 3.31. The molecule has 0 bridgehead atoms. The molecule has 0 saturated heterocycles. The van der Waals surface area contributed by atoms with E-state index in [1.165, 1.54) is 120 Å². The van der Waals surface area contributed by atoms with E-state index in [1.54, 1.807) is 0 Å². The van der Waals surface area contributed by atoms with Crippen molar-refractivity contribution in [2.75, 3.05) is 0 Å². The van der Waals surface area contributed by atoms with E-state index >= 15 is 0 Å². The van der Waals surface area contributed by atoms with Gasteiger partial charge < -0.3 is 0 Å². The van der Waals surface area contributed by atoms with E-state index in [1.807, 2.05) is 0 Å². The van der Waals surface area contributed by atoms with Crippen molar-refractivity contribution in [3.05, 3.63) is 218 Å². The zero-order chi connectivity index (χ0) is 38.2. The molecule has 0 N–H and O–H groups in total. The predicted molar refractivity (Wildman–Crippen MR) is 251 cm³/mol. The zero-order valence-electron chi connectivity index (χ0n) is 31.8. The van der Waals surface area contributed by atoms with E-state index in [2.05, 4.69) is 218 Å². The number of hydrogen-bond donors (Lipinski definition) is 0. The van der Waals surface area contributed by atoms with Gasteiger partial charge in [-0.1, -0.05) is 182 Å².